The number of hydrogen-bond acceptors (Lipinski definition) is 3. The molecule has 0 fully saturated rings. The van der Waals surface area contributed by atoms with E-state index in [9.17, 15) is 4.79 Å². The van der Waals surface area contributed by atoms with Crippen LogP contribution in [0.25, 0.3) is 0 Å². The van der Waals surface area contributed by atoms with Crippen molar-refractivity contribution >= 4 is 27.5 Å². The van der Waals surface area contributed by atoms with E-state index < -0.39 is 0 Å². The Hall–Kier alpha value is -1.88. The van der Waals surface area contributed by atoms with E-state index in [2.05, 4.69) is 26.5 Å². The number of nitrogens with one attached hydrogen (secondary N) is 1. The summed E-state index contributed by atoms with van der Waals surface area (Å²) in [6.45, 7) is 5.40. The molecule has 0 aliphatic heterocycles. The Morgan fingerprint density at radius 2 is 2.05 bits per heavy atom. The van der Waals surface area contributed by atoms with E-state index in [0.717, 1.165) is 15.7 Å². The van der Waals surface area contributed by atoms with Crippen LogP contribution in [0.15, 0.2) is 44.3 Å². The van der Waals surface area contributed by atoms with Gasteiger partial charge in [-0.1, -0.05) is 28.1 Å². The molecule has 0 spiro atoms. The molecule has 0 bridgehead atoms. The zero-order valence-corrected chi connectivity index (χ0v) is 13.1. The zero-order valence-electron chi connectivity index (χ0n) is 11.5. The van der Waals surface area contributed by atoms with E-state index in [4.69, 9.17) is 4.42 Å². The van der Waals surface area contributed by atoms with Crippen LogP contribution in [-0.2, 0) is 0 Å². The quantitative estimate of drug-likeness (QED) is 0.685. The number of carbonyl (C=O) groups excluding carboxylic acids is 1. The van der Waals surface area contributed by atoms with Gasteiger partial charge in [-0.3, -0.25) is 4.79 Å². The number of halogens is 1. The molecular formula is C15H15BrN2O2. The first-order valence-corrected chi connectivity index (χ1v) is 6.94. The molecule has 0 atom stereocenters. The summed E-state index contributed by atoms with van der Waals surface area (Å²) in [5.74, 6) is 1.03. The molecule has 0 saturated heterocycles. The first kappa shape index (κ1) is 14.5. The number of furan rings is 1. The summed E-state index contributed by atoms with van der Waals surface area (Å²) in [5, 5.41) is 4.12. The van der Waals surface area contributed by atoms with Crippen molar-refractivity contribution in [2.24, 2.45) is 5.10 Å². The summed E-state index contributed by atoms with van der Waals surface area (Å²) < 4.78 is 6.30. The van der Waals surface area contributed by atoms with Crippen molar-refractivity contribution in [1.82, 2.24) is 5.43 Å². The smallest absolute Gasteiger partial charge is 0.274 e. The predicted octanol–water partition coefficient (Wildman–Crippen LogP) is 3.81. The summed E-state index contributed by atoms with van der Waals surface area (Å²) in [7, 11) is 0. The van der Waals surface area contributed by atoms with E-state index in [-0.39, 0.29) is 5.91 Å². The highest BCUT2D eigenvalue weighted by Crippen LogP contribution is 2.14. The zero-order chi connectivity index (χ0) is 14.7. The lowest BCUT2D eigenvalue weighted by atomic mass is 10.1. The van der Waals surface area contributed by atoms with Crippen LogP contribution in [0.4, 0.5) is 0 Å². The molecule has 104 valence electrons. The standard InChI is InChI=1S/C15H15BrN2O2/c1-9-7-14(11(3)20-9)15(19)18-17-10(2)12-5-4-6-13(16)8-12/h4-8H,1-3H3,(H,18,19)/b17-10+. The van der Waals surface area contributed by atoms with Crippen LogP contribution in [0, 0.1) is 13.8 Å². The second-order valence-electron chi connectivity index (χ2n) is 4.48. The van der Waals surface area contributed by atoms with Gasteiger partial charge in [0, 0.05) is 4.47 Å². The van der Waals surface area contributed by atoms with Gasteiger partial charge in [0.2, 0.25) is 0 Å². The normalized spacial score (nSPS) is 11.5. The number of amides is 1. The van der Waals surface area contributed by atoms with Gasteiger partial charge in [-0.25, -0.2) is 5.43 Å². The first-order chi connectivity index (χ1) is 9.47. The molecule has 4 nitrogen and oxygen atoms in total. The fraction of sp³-hybridized carbons (Fsp3) is 0.200. The maximum absolute atomic E-state index is 12.0. The maximum Gasteiger partial charge on any atom is 0.274 e. The van der Waals surface area contributed by atoms with Gasteiger partial charge < -0.3 is 4.42 Å². The molecule has 0 unspecified atom stereocenters. The number of aryl methyl sites for hydroxylation is 2. The minimum Gasteiger partial charge on any atom is -0.466 e. The Morgan fingerprint density at radius 3 is 2.65 bits per heavy atom. The summed E-state index contributed by atoms with van der Waals surface area (Å²) in [4.78, 5) is 12.0. The fourth-order valence-corrected chi connectivity index (χ4v) is 2.23. The molecule has 1 heterocycles. The third kappa shape index (κ3) is 3.36. The van der Waals surface area contributed by atoms with E-state index in [1.165, 1.54) is 0 Å². The van der Waals surface area contributed by atoms with Gasteiger partial charge in [0.05, 0.1) is 11.3 Å². The highest BCUT2D eigenvalue weighted by Gasteiger charge is 2.12. The summed E-state index contributed by atoms with van der Waals surface area (Å²) in [5.41, 5.74) is 4.73. The lowest BCUT2D eigenvalue weighted by Crippen LogP contribution is -2.19. The minimum absolute atomic E-state index is 0.270. The lowest BCUT2D eigenvalue weighted by molar-refractivity contribution is 0.0953. The Bertz CT molecular complexity index is 674. The Kier molecular flexibility index (Phi) is 4.39. The number of benzene rings is 1. The van der Waals surface area contributed by atoms with Crippen LogP contribution in [0.5, 0.6) is 0 Å². The van der Waals surface area contributed by atoms with Gasteiger partial charge in [0.1, 0.15) is 11.5 Å². The first-order valence-electron chi connectivity index (χ1n) is 6.15. The summed E-state index contributed by atoms with van der Waals surface area (Å²) >= 11 is 3.40. The average molecular weight is 335 g/mol. The van der Waals surface area contributed by atoms with Crippen LogP contribution in [0.1, 0.15) is 34.4 Å². The second-order valence-corrected chi connectivity index (χ2v) is 5.39. The highest BCUT2D eigenvalue weighted by atomic mass is 79.9. The summed E-state index contributed by atoms with van der Waals surface area (Å²) in [6, 6.07) is 9.44. The number of hydrazone groups is 1. The minimum atomic E-state index is -0.270. The van der Waals surface area contributed by atoms with E-state index in [1.54, 1.807) is 19.9 Å². The van der Waals surface area contributed by atoms with Gasteiger partial charge in [-0.2, -0.15) is 5.10 Å². The highest BCUT2D eigenvalue weighted by molar-refractivity contribution is 9.10. The van der Waals surface area contributed by atoms with E-state index in [1.807, 2.05) is 31.2 Å². The molecule has 0 radical (unpaired) electrons. The number of hydrogen-bond donors (Lipinski definition) is 1. The third-order valence-corrected chi connectivity index (χ3v) is 3.35. The van der Waals surface area contributed by atoms with Crippen molar-refractivity contribution in [2.75, 3.05) is 0 Å². The second kappa shape index (κ2) is 6.05. The fourth-order valence-electron chi connectivity index (χ4n) is 1.83. The molecule has 0 aliphatic rings. The van der Waals surface area contributed by atoms with Crippen molar-refractivity contribution in [3.05, 3.63) is 57.5 Å². The van der Waals surface area contributed by atoms with Crippen LogP contribution < -0.4 is 5.43 Å². The summed E-state index contributed by atoms with van der Waals surface area (Å²) in [6.07, 6.45) is 0. The number of rotatable bonds is 3. The van der Waals surface area contributed by atoms with Gasteiger partial charge in [-0.05, 0) is 44.5 Å². The molecule has 1 aromatic carbocycles. The molecular weight excluding hydrogens is 320 g/mol. The van der Waals surface area contributed by atoms with E-state index in [0.29, 0.717) is 17.1 Å². The number of nitrogens with zero attached hydrogens (tertiary/aromatic N) is 1. The molecule has 0 saturated carbocycles. The van der Waals surface area contributed by atoms with Crippen LogP contribution in [-0.4, -0.2) is 11.6 Å². The molecule has 1 N–H and O–H groups in total. The predicted molar refractivity (Wildman–Crippen MR) is 82.0 cm³/mol. The van der Waals surface area contributed by atoms with Crippen molar-refractivity contribution < 1.29 is 9.21 Å². The van der Waals surface area contributed by atoms with E-state index >= 15 is 0 Å². The SMILES string of the molecule is C/C(=N\NC(=O)c1cc(C)oc1C)c1cccc(Br)c1. The molecule has 5 heteroatoms. The van der Waals surface area contributed by atoms with Gasteiger partial charge >= 0.3 is 0 Å². The maximum atomic E-state index is 12.0. The third-order valence-electron chi connectivity index (χ3n) is 2.85. The largest absolute Gasteiger partial charge is 0.466 e. The topological polar surface area (TPSA) is 54.6 Å². The van der Waals surface area contributed by atoms with Crippen molar-refractivity contribution in [2.45, 2.75) is 20.8 Å². The Balaban J connectivity index is 2.13. The molecule has 1 aromatic heterocycles. The van der Waals surface area contributed by atoms with Gasteiger partial charge in [0.25, 0.3) is 5.91 Å². The molecule has 2 aromatic rings. The monoisotopic (exact) mass is 334 g/mol. The van der Waals surface area contributed by atoms with Crippen molar-refractivity contribution in [3.63, 3.8) is 0 Å². The van der Waals surface area contributed by atoms with Crippen LogP contribution >= 0.6 is 15.9 Å². The van der Waals surface area contributed by atoms with Crippen molar-refractivity contribution in [1.29, 1.82) is 0 Å². The van der Waals surface area contributed by atoms with Crippen molar-refractivity contribution in [3.8, 4) is 0 Å². The van der Waals surface area contributed by atoms with Gasteiger partial charge in [-0.15, -0.1) is 0 Å². The molecule has 20 heavy (non-hydrogen) atoms. The average Bonchev–Trinajstić information content (AvgIpc) is 2.74. The Morgan fingerprint density at radius 1 is 1.30 bits per heavy atom. The molecule has 1 amide bonds. The number of carbonyl (C=O) groups is 1. The Labute approximate surface area is 126 Å². The molecule has 2 rings (SSSR count). The van der Waals surface area contributed by atoms with Crippen LogP contribution in [0.2, 0.25) is 0 Å². The van der Waals surface area contributed by atoms with Gasteiger partial charge in [0.15, 0.2) is 0 Å². The lowest BCUT2D eigenvalue weighted by Gasteiger charge is -2.03. The molecule has 0 aliphatic carbocycles. The van der Waals surface area contributed by atoms with Crippen LogP contribution in [0.3, 0.4) is 0 Å².